The molecule has 6 heteroatoms. The Kier molecular flexibility index (Phi) is 6.45. The van der Waals surface area contributed by atoms with Crippen LogP contribution in [0.5, 0.6) is 5.75 Å². The monoisotopic (exact) mass is 480 g/mol. The highest BCUT2D eigenvalue weighted by atomic mass is 79.9. The van der Waals surface area contributed by atoms with Crippen LogP contribution in [0.15, 0.2) is 77.3 Å². The van der Waals surface area contributed by atoms with Crippen molar-refractivity contribution < 1.29 is 9.53 Å². The zero-order chi connectivity index (χ0) is 20.9. The molecule has 0 atom stereocenters. The molecule has 3 aromatic carbocycles. The van der Waals surface area contributed by atoms with Crippen LogP contribution in [0, 0.1) is 0 Å². The highest BCUT2D eigenvalue weighted by Gasteiger charge is 2.24. The second-order valence-electron chi connectivity index (χ2n) is 7.01. The Bertz CT molecular complexity index is 1070. The van der Waals surface area contributed by atoms with Crippen molar-refractivity contribution in [1.82, 2.24) is 5.32 Å². The number of rotatable bonds is 5. The van der Waals surface area contributed by atoms with Gasteiger partial charge in [-0.1, -0.05) is 64.5 Å². The Morgan fingerprint density at radius 3 is 2.67 bits per heavy atom. The minimum absolute atomic E-state index is 0.277. The van der Waals surface area contributed by atoms with Gasteiger partial charge < -0.3 is 9.64 Å². The molecule has 152 valence electrons. The highest BCUT2D eigenvalue weighted by Crippen LogP contribution is 2.28. The number of benzene rings is 3. The van der Waals surface area contributed by atoms with Crippen LogP contribution in [0.2, 0.25) is 0 Å². The zero-order valence-electron chi connectivity index (χ0n) is 16.3. The van der Waals surface area contributed by atoms with Gasteiger partial charge in [-0.05, 0) is 54.0 Å². The van der Waals surface area contributed by atoms with Gasteiger partial charge in [0.1, 0.15) is 5.75 Å². The summed E-state index contributed by atoms with van der Waals surface area (Å²) in [4.78, 5) is 15.0. The summed E-state index contributed by atoms with van der Waals surface area (Å²) in [6, 6.07) is 23.7. The molecule has 0 saturated carbocycles. The van der Waals surface area contributed by atoms with Gasteiger partial charge >= 0.3 is 0 Å². The topological polar surface area (TPSA) is 41.6 Å². The van der Waals surface area contributed by atoms with E-state index in [2.05, 4.69) is 39.4 Å². The number of ether oxygens (including phenoxy) is 1. The molecule has 1 amide bonds. The molecule has 4 rings (SSSR count). The van der Waals surface area contributed by atoms with E-state index < -0.39 is 0 Å². The number of hydrogen-bond acceptors (Lipinski definition) is 3. The lowest BCUT2D eigenvalue weighted by atomic mass is 10.1. The lowest BCUT2D eigenvalue weighted by Crippen LogP contribution is -2.42. The van der Waals surface area contributed by atoms with Crippen LogP contribution in [0.25, 0.3) is 0 Å². The molecule has 3 aromatic rings. The van der Waals surface area contributed by atoms with Crippen LogP contribution >= 0.6 is 28.1 Å². The summed E-state index contributed by atoms with van der Waals surface area (Å²) in [7, 11) is 0. The van der Waals surface area contributed by atoms with Crippen LogP contribution in [0.1, 0.15) is 21.5 Å². The SMILES string of the molecule is O=C(NC(=S)N1CCc2ccccc21)c1cc(Br)ccc1OCCc1ccccc1. The third-order valence-electron chi connectivity index (χ3n) is 5.03. The number of amides is 1. The lowest BCUT2D eigenvalue weighted by Gasteiger charge is -2.21. The number of anilines is 1. The number of nitrogens with one attached hydrogen (secondary N) is 1. The first-order valence-corrected chi connectivity index (χ1v) is 11.0. The quantitative estimate of drug-likeness (QED) is 0.512. The van der Waals surface area contributed by atoms with Crippen molar-refractivity contribution in [2.75, 3.05) is 18.1 Å². The van der Waals surface area contributed by atoms with E-state index in [-0.39, 0.29) is 5.91 Å². The smallest absolute Gasteiger partial charge is 0.261 e. The average Bonchev–Trinajstić information content (AvgIpc) is 3.20. The van der Waals surface area contributed by atoms with Crippen molar-refractivity contribution in [2.45, 2.75) is 12.8 Å². The first-order chi connectivity index (χ1) is 14.6. The Morgan fingerprint density at radius 2 is 1.83 bits per heavy atom. The fourth-order valence-corrected chi connectivity index (χ4v) is 4.15. The number of fused-ring (bicyclic) bond motifs is 1. The zero-order valence-corrected chi connectivity index (χ0v) is 18.7. The Morgan fingerprint density at radius 1 is 1.07 bits per heavy atom. The van der Waals surface area contributed by atoms with Crippen LogP contribution in [-0.4, -0.2) is 24.2 Å². The van der Waals surface area contributed by atoms with Crippen molar-refractivity contribution in [3.05, 3.63) is 94.0 Å². The van der Waals surface area contributed by atoms with E-state index >= 15 is 0 Å². The van der Waals surface area contributed by atoms with Crippen molar-refractivity contribution in [1.29, 1.82) is 0 Å². The number of halogens is 1. The predicted molar refractivity (Wildman–Crippen MR) is 127 cm³/mol. The Balaban J connectivity index is 1.44. The van der Waals surface area contributed by atoms with Gasteiger partial charge in [-0.15, -0.1) is 0 Å². The van der Waals surface area contributed by atoms with Gasteiger partial charge in [0.15, 0.2) is 5.11 Å². The summed E-state index contributed by atoms with van der Waals surface area (Å²) in [5, 5.41) is 3.28. The molecular weight excluding hydrogens is 460 g/mol. The standard InChI is InChI=1S/C24H21BrN2O2S/c25-19-10-11-22(29-15-13-17-6-2-1-3-7-17)20(16-19)23(28)26-24(30)27-14-12-18-8-4-5-9-21(18)27/h1-11,16H,12-15H2,(H,26,28,30). The fourth-order valence-electron chi connectivity index (χ4n) is 3.51. The van der Waals surface area contributed by atoms with Gasteiger partial charge in [0.25, 0.3) is 5.91 Å². The van der Waals surface area contributed by atoms with E-state index in [9.17, 15) is 4.79 Å². The summed E-state index contributed by atoms with van der Waals surface area (Å²) < 4.78 is 6.75. The second-order valence-corrected chi connectivity index (χ2v) is 8.32. The van der Waals surface area contributed by atoms with Crippen molar-refractivity contribution in [2.24, 2.45) is 0 Å². The van der Waals surface area contributed by atoms with Gasteiger partial charge in [-0.3, -0.25) is 10.1 Å². The molecule has 1 aliphatic rings. The normalized spacial score (nSPS) is 12.4. The predicted octanol–water partition coefficient (Wildman–Crippen LogP) is 5.15. The third-order valence-corrected chi connectivity index (χ3v) is 5.85. The lowest BCUT2D eigenvalue weighted by molar-refractivity contribution is 0.0973. The molecule has 30 heavy (non-hydrogen) atoms. The van der Waals surface area contributed by atoms with E-state index in [0.717, 1.165) is 29.5 Å². The number of carbonyl (C=O) groups is 1. The summed E-state index contributed by atoms with van der Waals surface area (Å²) in [6.45, 7) is 1.24. The van der Waals surface area contributed by atoms with Gasteiger partial charge in [-0.25, -0.2) is 0 Å². The minimum Gasteiger partial charge on any atom is -0.492 e. The molecule has 0 unspecified atom stereocenters. The van der Waals surface area contributed by atoms with E-state index in [4.69, 9.17) is 17.0 Å². The molecule has 0 saturated heterocycles. The van der Waals surface area contributed by atoms with E-state index in [1.165, 1.54) is 11.1 Å². The van der Waals surface area contributed by atoms with Crippen LogP contribution in [0.3, 0.4) is 0 Å². The molecule has 0 fully saturated rings. The fraction of sp³-hybridized carbons (Fsp3) is 0.167. The number of nitrogens with zero attached hydrogens (tertiary/aromatic N) is 1. The molecule has 4 nitrogen and oxygen atoms in total. The van der Waals surface area contributed by atoms with Gasteiger partial charge in [0, 0.05) is 23.1 Å². The second kappa shape index (κ2) is 9.41. The van der Waals surface area contributed by atoms with Crippen LogP contribution < -0.4 is 15.0 Å². The van der Waals surface area contributed by atoms with Crippen molar-refractivity contribution in [3.63, 3.8) is 0 Å². The summed E-state index contributed by atoms with van der Waals surface area (Å²) in [6.07, 6.45) is 1.68. The maximum absolute atomic E-state index is 13.0. The molecule has 1 aliphatic heterocycles. The van der Waals surface area contributed by atoms with E-state index in [1.54, 1.807) is 12.1 Å². The average molecular weight is 481 g/mol. The first kappa shape index (κ1) is 20.6. The molecule has 0 spiro atoms. The molecule has 0 bridgehead atoms. The molecule has 1 N–H and O–H groups in total. The Labute approximate surface area is 190 Å². The summed E-state index contributed by atoms with van der Waals surface area (Å²) >= 11 is 8.98. The van der Waals surface area contributed by atoms with E-state index in [0.29, 0.717) is 23.0 Å². The maximum atomic E-state index is 13.0. The van der Waals surface area contributed by atoms with Crippen molar-refractivity contribution >= 4 is 44.9 Å². The number of thiocarbonyl (C=S) groups is 1. The van der Waals surface area contributed by atoms with Gasteiger partial charge in [0.2, 0.25) is 0 Å². The molecular formula is C24H21BrN2O2S. The van der Waals surface area contributed by atoms with Crippen LogP contribution in [-0.2, 0) is 12.8 Å². The maximum Gasteiger partial charge on any atom is 0.261 e. The van der Waals surface area contributed by atoms with Gasteiger partial charge in [-0.2, -0.15) is 0 Å². The summed E-state index contributed by atoms with van der Waals surface area (Å²) in [5.74, 6) is 0.261. The van der Waals surface area contributed by atoms with Crippen molar-refractivity contribution in [3.8, 4) is 5.75 Å². The van der Waals surface area contributed by atoms with Crippen LogP contribution in [0.4, 0.5) is 5.69 Å². The minimum atomic E-state index is -0.277. The third kappa shape index (κ3) is 4.71. The molecule has 0 aromatic heterocycles. The number of hydrogen-bond donors (Lipinski definition) is 1. The molecule has 1 heterocycles. The van der Waals surface area contributed by atoms with E-state index in [1.807, 2.05) is 47.4 Å². The Hall–Kier alpha value is -2.70. The largest absolute Gasteiger partial charge is 0.492 e. The first-order valence-electron chi connectivity index (χ1n) is 9.79. The molecule has 0 aliphatic carbocycles. The van der Waals surface area contributed by atoms with Gasteiger partial charge in [0.05, 0.1) is 12.2 Å². The highest BCUT2D eigenvalue weighted by molar-refractivity contribution is 9.10. The molecule has 0 radical (unpaired) electrons. The number of carbonyl (C=O) groups excluding carboxylic acids is 1. The number of para-hydroxylation sites is 1. The summed E-state index contributed by atoms with van der Waals surface area (Å²) in [5.41, 5.74) is 3.93.